The number of thiol groups is 1. The van der Waals surface area contributed by atoms with E-state index >= 15 is 0 Å². The van der Waals surface area contributed by atoms with Gasteiger partial charge in [-0.3, -0.25) is 0 Å². The van der Waals surface area contributed by atoms with Gasteiger partial charge in [0.1, 0.15) is 0 Å². The second-order valence-corrected chi connectivity index (χ2v) is 5.44. The number of thiophene rings is 1. The summed E-state index contributed by atoms with van der Waals surface area (Å²) in [6.07, 6.45) is 1.11. The van der Waals surface area contributed by atoms with Crippen LogP contribution in [0.1, 0.15) is 17.4 Å². The standard InChI is InChI=1S/C11H11BrS2/c1-2-8-5-9-10(13)3-7(6-12)4-11(9)14-8/h3-5,13H,2,6H2,1H3. The molecule has 0 aliphatic rings. The maximum absolute atomic E-state index is 4.51. The van der Waals surface area contributed by atoms with Gasteiger partial charge in [0.05, 0.1) is 0 Å². The predicted octanol–water partition coefficient (Wildman–Crippen LogP) is 4.65. The van der Waals surface area contributed by atoms with Crippen molar-refractivity contribution in [1.29, 1.82) is 0 Å². The fraction of sp³-hybridized carbons (Fsp3) is 0.273. The third-order valence-corrected chi connectivity index (χ3v) is 4.47. The van der Waals surface area contributed by atoms with Crippen molar-refractivity contribution in [2.45, 2.75) is 23.6 Å². The molecule has 74 valence electrons. The van der Waals surface area contributed by atoms with Crippen LogP contribution in [0.4, 0.5) is 0 Å². The number of benzene rings is 1. The molecule has 0 nitrogen and oxygen atoms in total. The van der Waals surface area contributed by atoms with Crippen molar-refractivity contribution in [1.82, 2.24) is 0 Å². The van der Waals surface area contributed by atoms with Gasteiger partial charge in [0.25, 0.3) is 0 Å². The highest BCUT2D eigenvalue weighted by molar-refractivity contribution is 9.08. The first-order chi connectivity index (χ1) is 6.74. The Hall–Kier alpha value is 0.01000. The van der Waals surface area contributed by atoms with E-state index in [0.29, 0.717) is 0 Å². The molecule has 0 atom stereocenters. The maximum atomic E-state index is 4.51. The summed E-state index contributed by atoms with van der Waals surface area (Å²) in [4.78, 5) is 2.52. The van der Waals surface area contributed by atoms with Gasteiger partial charge in [0.2, 0.25) is 0 Å². The topological polar surface area (TPSA) is 0 Å². The van der Waals surface area contributed by atoms with E-state index in [1.54, 1.807) is 0 Å². The molecule has 1 aromatic carbocycles. The highest BCUT2D eigenvalue weighted by atomic mass is 79.9. The van der Waals surface area contributed by atoms with E-state index in [1.807, 2.05) is 11.3 Å². The van der Waals surface area contributed by atoms with E-state index in [0.717, 1.165) is 16.6 Å². The van der Waals surface area contributed by atoms with Gasteiger partial charge >= 0.3 is 0 Å². The van der Waals surface area contributed by atoms with E-state index in [-0.39, 0.29) is 0 Å². The average molecular weight is 287 g/mol. The summed E-state index contributed by atoms with van der Waals surface area (Å²) in [5.74, 6) is 0. The van der Waals surface area contributed by atoms with E-state index in [1.165, 1.54) is 20.5 Å². The third kappa shape index (κ3) is 1.86. The zero-order valence-electron chi connectivity index (χ0n) is 7.88. The van der Waals surface area contributed by atoms with Crippen LogP contribution in [0.25, 0.3) is 10.1 Å². The monoisotopic (exact) mass is 286 g/mol. The number of hydrogen-bond acceptors (Lipinski definition) is 2. The minimum Gasteiger partial charge on any atom is -0.143 e. The molecular formula is C11H11BrS2. The van der Waals surface area contributed by atoms with Crippen molar-refractivity contribution in [3.63, 3.8) is 0 Å². The predicted molar refractivity (Wildman–Crippen MR) is 71.1 cm³/mol. The second kappa shape index (κ2) is 4.25. The third-order valence-electron chi connectivity index (χ3n) is 2.23. The highest BCUT2D eigenvalue weighted by Gasteiger charge is 2.05. The molecule has 0 fully saturated rings. The van der Waals surface area contributed by atoms with Gasteiger partial charge in [-0.25, -0.2) is 0 Å². The molecular weight excluding hydrogens is 276 g/mol. The van der Waals surface area contributed by atoms with Gasteiger partial charge < -0.3 is 0 Å². The van der Waals surface area contributed by atoms with Crippen LogP contribution in [-0.2, 0) is 11.8 Å². The largest absolute Gasteiger partial charge is 0.143 e. The minimum absolute atomic E-state index is 0.899. The van der Waals surface area contributed by atoms with Crippen LogP contribution in [-0.4, -0.2) is 0 Å². The summed E-state index contributed by atoms with van der Waals surface area (Å²) >= 11 is 9.86. The summed E-state index contributed by atoms with van der Waals surface area (Å²) < 4.78 is 1.35. The van der Waals surface area contributed by atoms with Crippen LogP contribution in [0.2, 0.25) is 0 Å². The molecule has 1 heterocycles. The first kappa shape index (κ1) is 10.5. The number of hydrogen-bond donors (Lipinski definition) is 1. The Morgan fingerprint density at radius 1 is 1.36 bits per heavy atom. The summed E-state index contributed by atoms with van der Waals surface area (Å²) in [6, 6.07) is 6.63. The maximum Gasteiger partial charge on any atom is 0.0359 e. The van der Waals surface area contributed by atoms with Crippen LogP contribution in [0, 0.1) is 0 Å². The van der Waals surface area contributed by atoms with Crippen LogP contribution in [0.15, 0.2) is 23.1 Å². The van der Waals surface area contributed by atoms with Gasteiger partial charge in [-0.05, 0) is 30.2 Å². The molecule has 0 saturated heterocycles. The molecule has 0 spiro atoms. The summed E-state index contributed by atoms with van der Waals surface area (Å²) in [7, 11) is 0. The molecule has 14 heavy (non-hydrogen) atoms. The van der Waals surface area contributed by atoms with Crippen molar-refractivity contribution < 1.29 is 0 Å². The zero-order chi connectivity index (χ0) is 10.1. The number of alkyl halides is 1. The van der Waals surface area contributed by atoms with Gasteiger partial charge in [0, 0.05) is 25.2 Å². The van der Waals surface area contributed by atoms with E-state index < -0.39 is 0 Å². The van der Waals surface area contributed by atoms with Crippen LogP contribution >= 0.6 is 39.9 Å². The Labute approximate surface area is 102 Å². The lowest BCUT2D eigenvalue weighted by molar-refractivity contribution is 1.19. The summed E-state index contributed by atoms with van der Waals surface area (Å²) in [5.41, 5.74) is 1.30. The normalized spacial score (nSPS) is 11.1. The second-order valence-electron chi connectivity index (χ2n) is 3.23. The fourth-order valence-corrected chi connectivity index (χ4v) is 3.32. The number of halogens is 1. The number of aryl methyl sites for hydroxylation is 1. The first-order valence-corrected chi connectivity index (χ1v) is 6.93. The molecule has 0 amide bonds. The Kier molecular flexibility index (Phi) is 3.20. The molecule has 0 aliphatic heterocycles. The fourth-order valence-electron chi connectivity index (χ4n) is 1.48. The summed E-state index contributed by atoms with van der Waals surface area (Å²) in [6.45, 7) is 2.19. The van der Waals surface area contributed by atoms with Crippen molar-refractivity contribution in [2.75, 3.05) is 0 Å². The molecule has 0 aliphatic carbocycles. The average Bonchev–Trinajstić information content (AvgIpc) is 2.61. The Morgan fingerprint density at radius 3 is 2.79 bits per heavy atom. The lowest BCUT2D eigenvalue weighted by Gasteiger charge is -1.98. The van der Waals surface area contributed by atoms with Crippen LogP contribution in [0.5, 0.6) is 0 Å². The van der Waals surface area contributed by atoms with Crippen molar-refractivity contribution in [2.24, 2.45) is 0 Å². The molecule has 0 N–H and O–H groups in total. The van der Waals surface area contributed by atoms with Gasteiger partial charge in [0.15, 0.2) is 0 Å². The molecule has 0 unspecified atom stereocenters. The Morgan fingerprint density at radius 2 is 2.14 bits per heavy atom. The molecule has 2 rings (SSSR count). The first-order valence-electron chi connectivity index (χ1n) is 4.55. The molecule has 1 aromatic heterocycles. The van der Waals surface area contributed by atoms with Crippen LogP contribution < -0.4 is 0 Å². The quantitative estimate of drug-likeness (QED) is 0.603. The smallest absolute Gasteiger partial charge is 0.0359 e. The van der Waals surface area contributed by atoms with E-state index in [4.69, 9.17) is 0 Å². The number of rotatable bonds is 2. The molecule has 2 aromatic rings. The molecule has 0 saturated carbocycles. The van der Waals surface area contributed by atoms with Gasteiger partial charge in [-0.1, -0.05) is 22.9 Å². The molecule has 0 bridgehead atoms. The van der Waals surface area contributed by atoms with Crippen LogP contribution in [0.3, 0.4) is 0 Å². The minimum atomic E-state index is 0.899. The van der Waals surface area contributed by atoms with Gasteiger partial charge in [-0.2, -0.15) is 0 Å². The van der Waals surface area contributed by atoms with E-state index in [2.05, 4.69) is 53.7 Å². The molecule has 0 radical (unpaired) electrons. The SMILES string of the molecule is CCc1cc2c(S)cc(CBr)cc2s1. The van der Waals surface area contributed by atoms with Crippen molar-refractivity contribution in [3.8, 4) is 0 Å². The van der Waals surface area contributed by atoms with Crippen molar-refractivity contribution in [3.05, 3.63) is 28.6 Å². The highest BCUT2D eigenvalue weighted by Crippen LogP contribution is 2.32. The summed E-state index contributed by atoms with van der Waals surface area (Å²) in [5, 5.41) is 2.19. The van der Waals surface area contributed by atoms with Crippen molar-refractivity contribution >= 4 is 50.0 Å². The van der Waals surface area contributed by atoms with E-state index in [9.17, 15) is 0 Å². The lowest BCUT2D eigenvalue weighted by atomic mass is 10.2. The Bertz CT molecular complexity index is 460. The molecule has 3 heteroatoms. The van der Waals surface area contributed by atoms with Gasteiger partial charge in [-0.15, -0.1) is 24.0 Å². The lowest BCUT2D eigenvalue weighted by Crippen LogP contribution is -1.77. The Balaban J connectivity index is 2.67. The zero-order valence-corrected chi connectivity index (χ0v) is 11.2. The number of fused-ring (bicyclic) bond motifs is 1.